The lowest BCUT2D eigenvalue weighted by molar-refractivity contribution is 0.342. The second kappa shape index (κ2) is 7.41. The highest BCUT2D eigenvalue weighted by Gasteiger charge is 2.06. The van der Waals surface area contributed by atoms with Crippen LogP contribution in [0.4, 0.5) is 27.5 Å². The zero-order valence-electron chi connectivity index (χ0n) is 13.2. The van der Waals surface area contributed by atoms with Gasteiger partial charge in [0, 0.05) is 6.20 Å². The fourth-order valence-corrected chi connectivity index (χ4v) is 2.16. The molecule has 0 aliphatic carbocycles. The molecule has 0 unspecified atom stereocenters. The summed E-state index contributed by atoms with van der Waals surface area (Å²) in [6.07, 6.45) is 1.60. The number of hydrogen-bond acceptors (Lipinski definition) is 5. The van der Waals surface area contributed by atoms with Gasteiger partial charge in [0.05, 0.1) is 18.0 Å². The van der Waals surface area contributed by atoms with E-state index in [-0.39, 0.29) is 5.82 Å². The second-order valence-corrected chi connectivity index (χ2v) is 4.92. The second-order valence-electron chi connectivity index (χ2n) is 4.92. The average molecular weight is 324 g/mol. The van der Waals surface area contributed by atoms with Gasteiger partial charge in [-0.15, -0.1) is 0 Å². The van der Waals surface area contributed by atoms with Gasteiger partial charge in [-0.25, -0.2) is 9.37 Å². The third kappa shape index (κ3) is 3.78. The minimum Gasteiger partial charge on any atom is -0.492 e. The molecule has 0 spiro atoms. The monoisotopic (exact) mass is 324 g/mol. The largest absolute Gasteiger partial charge is 0.492 e. The summed E-state index contributed by atoms with van der Waals surface area (Å²) >= 11 is 0. The van der Waals surface area contributed by atoms with Crippen molar-refractivity contribution in [2.45, 2.75) is 6.92 Å². The fourth-order valence-electron chi connectivity index (χ4n) is 2.16. The van der Waals surface area contributed by atoms with Crippen LogP contribution in [0.3, 0.4) is 0 Å². The molecular formula is C18H17FN4O. The Bertz CT molecular complexity index is 825. The molecule has 1 heterocycles. The lowest BCUT2D eigenvalue weighted by Gasteiger charge is -2.12. The standard InChI is InChI=1S/C18H17FN4O/c1-2-24-16-10-6-5-9-15(16)21-17-11-12-20-18(23-17)22-14-8-4-3-7-13(14)19/h3-12H,2H2,1H3,(H2,20,21,22,23). The van der Waals surface area contributed by atoms with Gasteiger partial charge >= 0.3 is 0 Å². The van der Waals surface area contributed by atoms with Gasteiger partial charge < -0.3 is 15.4 Å². The van der Waals surface area contributed by atoms with Crippen molar-refractivity contribution in [2.75, 3.05) is 17.2 Å². The Hall–Kier alpha value is -3.15. The molecule has 0 aliphatic rings. The van der Waals surface area contributed by atoms with E-state index in [4.69, 9.17) is 4.74 Å². The molecule has 2 N–H and O–H groups in total. The number of nitrogens with one attached hydrogen (secondary N) is 2. The number of nitrogens with zero attached hydrogens (tertiary/aromatic N) is 2. The molecule has 5 nitrogen and oxygen atoms in total. The fraction of sp³-hybridized carbons (Fsp3) is 0.111. The van der Waals surface area contributed by atoms with E-state index in [0.717, 1.165) is 11.4 Å². The first-order valence-corrected chi connectivity index (χ1v) is 7.59. The number of hydrogen-bond donors (Lipinski definition) is 2. The van der Waals surface area contributed by atoms with Crippen LogP contribution in [0.1, 0.15) is 6.92 Å². The molecule has 0 fully saturated rings. The first kappa shape index (κ1) is 15.7. The highest BCUT2D eigenvalue weighted by molar-refractivity contribution is 5.65. The minimum absolute atomic E-state index is 0.305. The van der Waals surface area contributed by atoms with Crippen LogP contribution in [-0.4, -0.2) is 16.6 Å². The van der Waals surface area contributed by atoms with Crippen molar-refractivity contribution in [1.29, 1.82) is 0 Å². The Labute approximate surface area is 139 Å². The number of para-hydroxylation sites is 3. The van der Waals surface area contributed by atoms with E-state index in [1.54, 1.807) is 30.5 Å². The predicted molar refractivity (Wildman–Crippen MR) is 92.6 cm³/mol. The van der Waals surface area contributed by atoms with Crippen LogP contribution in [0.2, 0.25) is 0 Å². The zero-order valence-corrected chi connectivity index (χ0v) is 13.2. The molecule has 0 atom stereocenters. The van der Waals surface area contributed by atoms with E-state index in [9.17, 15) is 4.39 Å². The molecule has 3 rings (SSSR count). The van der Waals surface area contributed by atoms with Crippen LogP contribution in [0.25, 0.3) is 0 Å². The van der Waals surface area contributed by atoms with Gasteiger partial charge in [0.15, 0.2) is 0 Å². The Morgan fingerprint density at radius 1 is 0.958 bits per heavy atom. The first-order valence-electron chi connectivity index (χ1n) is 7.59. The van der Waals surface area contributed by atoms with Crippen molar-refractivity contribution in [1.82, 2.24) is 9.97 Å². The van der Waals surface area contributed by atoms with E-state index in [1.165, 1.54) is 6.07 Å². The molecule has 122 valence electrons. The Kier molecular flexibility index (Phi) is 4.86. The SMILES string of the molecule is CCOc1ccccc1Nc1ccnc(Nc2ccccc2F)n1. The molecular weight excluding hydrogens is 307 g/mol. The predicted octanol–water partition coefficient (Wildman–Crippen LogP) is 4.50. The van der Waals surface area contributed by atoms with Crippen LogP contribution in [0.15, 0.2) is 60.8 Å². The zero-order chi connectivity index (χ0) is 16.8. The van der Waals surface area contributed by atoms with Crippen molar-refractivity contribution in [3.8, 4) is 5.75 Å². The van der Waals surface area contributed by atoms with Gasteiger partial charge in [0.2, 0.25) is 5.95 Å². The summed E-state index contributed by atoms with van der Waals surface area (Å²) < 4.78 is 19.3. The summed E-state index contributed by atoms with van der Waals surface area (Å²) in [5, 5.41) is 6.06. The van der Waals surface area contributed by atoms with Gasteiger partial charge in [0.1, 0.15) is 17.4 Å². The number of benzene rings is 2. The van der Waals surface area contributed by atoms with Crippen LogP contribution in [0.5, 0.6) is 5.75 Å². The van der Waals surface area contributed by atoms with Gasteiger partial charge in [-0.05, 0) is 37.3 Å². The Balaban J connectivity index is 1.80. The number of ether oxygens (including phenoxy) is 1. The van der Waals surface area contributed by atoms with E-state index in [2.05, 4.69) is 20.6 Å². The van der Waals surface area contributed by atoms with Crippen molar-refractivity contribution < 1.29 is 9.13 Å². The smallest absolute Gasteiger partial charge is 0.229 e. The first-order chi connectivity index (χ1) is 11.8. The quantitative estimate of drug-likeness (QED) is 0.699. The normalized spacial score (nSPS) is 10.2. The van der Waals surface area contributed by atoms with Gasteiger partial charge in [-0.3, -0.25) is 0 Å². The van der Waals surface area contributed by atoms with Crippen molar-refractivity contribution in [2.24, 2.45) is 0 Å². The Morgan fingerprint density at radius 2 is 1.71 bits per heavy atom. The molecule has 1 aromatic heterocycles. The lowest BCUT2D eigenvalue weighted by atomic mass is 10.3. The van der Waals surface area contributed by atoms with Crippen LogP contribution < -0.4 is 15.4 Å². The molecule has 0 amide bonds. The third-order valence-corrected chi connectivity index (χ3v) is 3.23. The summed E-state index contributed by atoms with van der Waals surface area (Å²) in [6, 6.07) is 15.7. The van der Waals surface area contributed by atoms with E-state index in [0.29, 0.717) is 24.1 Å². The summed E-state index contributed by atoms with van der Waals surface area (Å²) in [7, 11) is 0. The Morgan fingerprint density at radius 3 is 2.50 bits per heavy atom. The molecule has 6 heteroatoms. The summed E-state index contributed by atoms with van der Waals surface area (Å²) in [5.41, 5.74) is 1.12. The lowest BCUT2D eigenvalue weighted by Crippen LogP contribution is -2.02. The van der Waals surface area contributed by atoms with Crippen molar-refractivity contribution in [3.63, 3.8) is 0 Å². The molecule has 24 heavy (non-hydrogen) atoms. The van der Waals surface area contributed by atoms with Crippen molar-refractivity contribution >= 4 is 23.1 Å². The number of halogens is 1. The van der Waals surface area contributed by atoms with Gasteiger partial charge in [-0.2, -0.15) is 4.98 Å². The molecule has 0 aliphatic heterocycles. The third-order valence-electron chi connectivity index (χ3n) is 3.23. The van der Waals surface area contributed by atoms with Gasteiger partial charge in [-0.1, -0.05) is 24.3 Å². The van der Waals surface area contributed by atoms with Crippen LogP contribution >= 0.6 is 0 Å². The minimum atomic E-state index is -0.360. The highest BCUT2D eigenvalue weighted by Crippen LogP contribution is 2.27. The van der Waals surface area contributed by atoms with Crippen molar-refractivity contribution in [3.05, 3.63) is 66.6 Å². The molecule has 3 aromatic rings. The van der Waals surface area contributed by atoms with Gasteiger partial charge in [0.25, 0.3) is 0 Å². The summed E-state index contributed by atoms with van der Waals surface area (Å²) in [4.78, 5) is 8.47. The molecule has 0 radical (unpaired) electrons. The molecule has 0 saturated carbocycles. The topological polar surface area (TPSA) is 59.1 Å². The number of rotatable bonds is 6. The van der Waals surface area contributed by atoms with Crippen LogP contribution in [0, 0.1) is 5.82 Å². The van der Waals surface area contributed by atoms with E-state index < -0.39 is 0 Å². The van der Waals surface area contributed by atoms with Crippen LogP contribution in [-0.2, 0) is 0 Å². The molecule has 2 aromatic carbocycles. The van der Waals surface area contributed by atoms with E-state index in [1.807, 2.05) is 31.2 Å². The average Bonchev–Trinajstić information content (AvgIpc) is 2.59. The number of anilines is 4. The summed E-state index contributed by atoms with van der Waals surface area (Å²) in [5.74, 6) is 1.26. The maximum absolute atomic E-state index is 13.7. The molecule has 0 bridgehead atoms. The maximum Gasteiger partial charge on any atom is 0.229 e. The van der Waals surface area contributed by atoms with E-state index >= 15 is 0 Å². The number of aromatic nitrogens is 2. The summed E-state index contributed by atoms with van der Waals surface area (Å²) in [6.45, 7) is 2.50. The highest BCUT2D eigenvalue weighted by atomic mass is 19.1. The maximum atomic E-state index is 13.7. The molecule has 0 saturated heterocycles.